The maximum atomic E-state index is 13.3. The Balaban J connectivity index is 1.44. The summed E-state index contributed by atoms with van der Waals surface area (Å²) in [5.74, 6) is 0.715. The lowest BCUT2D eigenvalue weighted by Gasteiger charge is -2.38. The van der Waals surface area contributed by atoms with E-state index < -0.39 is 32.8 Å². The van der Waals surface area contributed by atoms with Gasteiger partial charge in [0.15, 0.2) is 22.1 Å². The smallest absolute Gasteiger partial charge is 0.410 e. The lowest BCUT2D eigenvalue weighted by atomic mass is 9.93. The Morgan fingerprint density at radius 3 is 2.57 bits per heavy atom. The molecule has 0 N–H and O–H groups in total. The first kappa shape index (κ1) is 36.0. The fourth-order valence-corrected chi connectivity index (χ4v) is 7.87. The van der Waals surface area contributed by atoms with Gasteiger partial charge < -0.3 is 14.4 Å². The number of pyridine rings is 1. The van der Waals surface area contributed by atoms with Crippen molar-refractivity contribution in [2.45, 2.75) is 70.9 Å². The van der Waals surface area contributed by atoms with E-state index in [1.807, 2.05) is 13.8 Å². The van der Waals surface area contributed by atoms with Crippen LogP contribution in [0.4, 0.5) is 10.5 Å². The second kappa shape index (κ2) is 13.7. The van der Waals surface area contributed by atoms with Crippen LogP contribution >= 0.6 is 11.6 Å². The average Bonchev–Trinajstić information content (AvgIpc) is 3.47. The van der Waals surface area contributed by atoms with E-state index in [1.54, 1.807) is 49.8 Å². The van der Waals surface area contributed by atoms with Gasteiger partial charge >= 0.3 is 6.09 Å². The maximum absolute atomic E-state index is 13.3. The molecule has 3 aromatic heterocycles. The van der Waals surface area contributed by atoms with E-state index in [4.69, 9.17) is 31.2 Å². The van der Waals surface area contributed by atoms with Gasteiger partial charge in [-0.15, -0.1) is 0 Å². The summed E-state index contributed by atoms with van der Waals surface area (Å²) in [6, 6.07) is 7.07. The fourth-order valence-electron chi connectivity index (χ4n) is 6.50. The number of hydrogen-bond acceptors (Lipinski definition) is 11. The minimum absolute atomic E-state index is 0.0693. The summed E-state index contributed by atoms with van der Waals surface area (Å²) in [6.45, 7) is 9.42. The molecule has 1 saturated heterocycles. The van der Waals surface area contributed by atoms with Crippen LogP contribution in [0.25, 0.3) is 22.2 Å². The second-order valence-corrected chi connectivity index (χ2v) is 17.0. The first-order chi connectivity index (χ1) is 24.0. The SMILES string of the molecule is CC(C)Cc1nc2c(cnn2C2CCN(C(=O)OC(C)(C)C)CC2S(C)(=O)=O)c(-c2ccc3c(c2)OCC(=O)N3Cc2ncc(Cl)cn2)c1C#N. The summed E-state index contributed by atoms with van der Waals surface area (Å²) >= 11 is 5.95. The number of halogens is 1. The third-order valence-corrected chi connectivity index (χ3v) is 10.5. The molecule has 16 heteroatoms. The van der Waals surface area contributed by atoms with Crippen LogP contribution in [0, 0.1) is 17.2 Å². The van der Waals surface area contributed by atoms with E-state index in [-0.39, 0.29) is 44.5 Å². The molecule has 0 radical (unpaired) electrons. The molecular formula is C35H39ClN8O6S. The molecule has 2 aliphatic heterocycles. The molecule has 0 aliphatic carbocycles. The fraction of sp³-hybridized carbons (Fsp3) is 0.457. The standard InChI is InChI=1S/C35H39ClN8O6S/c1-20(2)11-25-23(13-37)32(21-7-8-26-28(12-21)49-19-31(45)43(26)18-30-38-14-22(36)15-39-30)24-16-40-44(33(24)41-25)27-9-10-42(17-29(27)51(6,47)48)34(46)50-35(3,4)5/h7-8,12,14-16,20,27,29H,9-11,17-19H2,1-6H3. The molecule has 6 rings (SSSR count). The zero-order chi connectivity index (χ0) is 36.8. The van der Waals surface area contributed by atoms with Crippen LogP contribution in [0.2, 0.25) is 5.02 Å². The first-order valence-electron chi connectivity index (χ1n) is 16.5. The quantitative estimate of drug-likeness (QED) is 0.246. The second-order valence-electron chi connectivity index (χ2n) is 14.3. The van der Waals surface area contributed by atoms with E-state index >= 15 is 0 Å². The van der Waals surface area contributed by atoms with Crippen molar-refractivity contribution in [2.24, 2.45) is 5.92 Å². The number of amides is 2. The number of aromatic nitrogens is 5. The number of nitrogens with zero attached hydrogens (tertiary/aromatic N) is 8. The summed E-state index contributed by atoms with van der Waals surface area (Å²) in [5.41, 5.74) is 2.34. The number of piperidine rings is 1. The van der Waals surface area contributed by atoms with Crippen molar-refractivity contribution in [2.75, 3.05) is 30.9 Å². The van der Waals surface area contributed by atoms with E-state index in [0.717, 1.165) is 6.26 Å². The highest BCUT2D eigenvalue weighted by Gasteiger charge is 2.41. The predicted molar refractivity (Wildman–Crippen MR) is 190 cm³/mol. The van der Waals surface area contributed by atoms with E-state index in [1.165, 1.54) is 22.2 Å². The summed E-state index contributed by atoms with van der Waals surface area (Å²) in [4.78, 5) is 42.3. The van der Waals surface area contributed by atoms with Crippen molar-refractivity contribution in [3.8, 4) is 22.9 Å². The third kappa shape index (κ3) is 7.48. The molecule has 2 aliphatic rings. The van der Waals surface area contributed by atoms with Gasteiger partial charge in [0.25, 0.3) is 5.91 Å². The van der Waals surface area contributed by atoms with Crippen molar-refractivity contribution in [3.63, 3.8) is 0 Å². The molecule has 2 unspecified atom stereocenters. The molecule has 14 nitrogen and oxygen atoms in total. The number of rotatable bonds is 7. The number of anilines is 1. The van der Waals surface area contributed by atoms with Crippen molar-refractivity contribution in [1.82, 2.24) is 29.6 Å². The van der Waals surface area contributed by atoms with Gasteiger partial charge in [-0.2, -0.15) is 10.4 Å². The minimum atomic E-state index is -3.68. The minimum Gasteiger partial charge on any atom is -0.482 e. The Bertz CT molecular complexity index is 2160. The van der Waals surface area contributed by atoms with E-state index in [2.05, 4.69) is 16.0 Å². The average molecular weight is 735 g/mol. The number of hydrogen-bond donors (Lipinski definition) is 0. The Morgan fingerprint density at radius 2 is 1.92 bits per heavy atom. The number of likely N-dealkylation sites (tertiary alicyclic amines) is 1. The monoisotopic (exact) mass is 734 g/mol. The highest BCUT2D eigenvalue weighted by Crippen LogP contribution is 2.41. The van der Waals surface area contributed by atoms with Gasteiger partial charge in [0.1, 0.15) is 28.5 Å². The van der Waals surface area contributed by atoms with Crippen LogP contribution in [0.3, 0.4) is 0 Å². The number of carbonyl (C=O) groups is 2. The highest BCUT2D eigenvalue weighted by atomic mass is 35.5. The van der Waals surface area contributed by atoms with Crippen LogP contribution in [0.1, 0.15) is 64.2 Å². The number of carbonyl (C=O) groups excluding carboxylic acids is 2. The molecule has 2 atom stereocenters. The zero-order valence-electron chi connectivity index (χ0n) is 29.3. The largest absolute Gasteiger partial charge is 0.482 e. The summed E-state index contributed by atoms with van der Waals surface area (Å²) < 4.78 is 39.6. The lowest BCUT2D eigenvalue weighted by molar-refractivity contribution is -0.121. The van der Waals surface area contributed by atoms with Gasteiger partial charge in [-0.1, -0.05) is 31.5 Å². The highest BCUT2D eigenvalue weighted by molar-refractivity contribution is 7.91. The molecule has 2 amide bonds. The molecule has 5 heterocycles. The van der Waals surface area contributed by atoms with Crippen LogP contribution < -0.4 is 9.64 Å². The zero-order valence-corrected chi connectivity index (χ0v) is 30.8. The number of ether oxygens (including phenoxy) is 2. The van der Waals surface area contributed by atoms with Crippen LogP contribution in [0.5, 0.6) is 5.75 Å². The molecule has 1 fully saturated rings. The summed E-state index contributed by atoms with van der Waals surface area (Å²) in [5, 5.41) is 15.2. The number of nitriles is 1. The van der Waals surface area contributed by atoms with Crippen LogP contribution in [-0.4, -0.2) is 86.9 Å². The van der Waals surface area contributed by atoms with Crippen LogP contribution in [-0.2, 0) is 32.3 Å². The number of fused-ring (bicyclic) bond motifs is 2. The molecule has 0 saturated carbocycles. The molecule has 0 bridgehead atoms. The third-order valence-electron chi connectivity index (χ3n) is 8.74. The van der Waals surface area contributed by atoms with Crippen molar-refractivity contribution in [3.05, 3.63) is 58.9 Å². The molecule has 268 valence electrons. The Kier molecular flexibility index (Phi) is 9.69. The van der Waals surface area contributed by atoms with Gasteiger partial charge in [-0.05, 0) is 57.2 Å². The van der Waals surface area contributed by atoms with Gasteiger partial charge in [0.2, 0.25) is 0 Å². The van der Waals surface area contributed by atoms with Crippen molar-refractivity contribution < 1.29 is 27.5 Å². The van der Waals surface area contributed by atoms with Crippen molar-refractivity contribution in [1.29, 1.82) is 5.26 Å². The Hall–Kier alpha value is -4.81. The Labute approximate surface area is 301 Å². The molecule has 51 heavy (non-hydrogen) atoms. The molecule has 1 aromatic carbocycles. The molecular weight excluding hydrogens is 696 g/mol. The number of benzene rings is 1. The summed E-state index contributed by atoms with van der Waals surface area (Å²) in [7, 11) is -3.68. The normalized spacial score (nSPS) is 18.1. The van der Waals surface area contributed by atoms with Crippen LogP contribution in [0.15, 0.2) is 36.8 Å². The predicted octanol–water partition coefficient (Wildman–Crippen LogP) is 5.13. The topological polar surface area (TPSA) is 173 Å². The Morgan fingerprint density at radius 1 is 1.20 bits per heavy atom. The van der Waals surface area contributed by atoms with Crippen molar-refractivity contribution >= 4 is 50.2 Å². The lowest BCUT2D eigenvalue weighted by Crippen LogP contribution is -2.51. The van der Waals surface area contributed by atoms with Gasteiger partial charge in [0, 0.05) is 42.7 Å². The summed E-state index contributed by atoms with van der Waals surface area (Å²) in [6.07, 6.45) is 5.89. The maximum Gasteiger partial charge on any atom is 0.410 e. The van der Waals surface area contributed by atoms with Gasteiger partial charge in [0.05, 0.1) is 40.8 Å². The molecule has 4 aromatic rings. The van der Waals surface area contributed by atoms with E-state index in [9.17, 15) is 23.3 Å². The van der Waals surface area contributed by atoms with Gasteiger partial charge in [-0.3, -0.25) is 9.69 Å². The number of sulfone groups is 1. The first-order valence-corrected chi connectivity index (χ1v) is 18.9. The van der Waals surface area contributed by atoms with E-state index in [0.29, 0.717) is 62.1 Å². The molecule has 0 spiro atoms. The van der Waals surface area contributed by atoms with Gasteiger partial charge in [-0.25, -0.2) is 32.8 Å².